The smallest absolute Gasteiger partial charge is 0.412 e. The summed E-state index contributed by atoms with van der Waals surface area (Å²) in [5, 5.41) is 21.3. The van der Waals surface area contributed by atoms with E-state index in [9.17, 15) is 9.90 Å². The summed E-state index contributed by atoms with van der Waals surface area (Å²) >= 11 is 5.90. The molecule has 1 amide bonds. The van der Waals surface area contributed by atoms with E-state index in [-0.39, 0.29) is 0 Å². The van der Waals surface area contributed by atoms with E-state index in [1.807, 2.05) is 0 Å². The summed E-state index contributed by atoms with van der Waals surface area (Å²) in [5.74, 6) is 0. The number of benzene rings is 1. The summed E-state index contributed by atoms with van der Waals surface area (Å²) in [7, 11) is 0. The second-order valence-electron chi connectivity index (χ2n) is 5.06. The minimum absolute atomic E-state index is 0.316. The predicted octanol–water partition coefficient (Wildman–Crippen LogP) is 2.71. The van der Waals surface area contributed by atoms with Gasteiger partial charge in [-0.05, 0) is 39.0 Å². The van der Waals surface area contributed by atoms with Crippen LogP contribution in [-0.2, 0) is 4.74 Å². The van der Waals surface area contributed by atoms with Gasteiger partial charge in [-0.1, -0.05) is 11.6 Å². The van der Waals surface area contributed by atoms with Crippen LogP contribution in [0, 0.1) is 0 Å². The Morgan fingerprint density at radius 1 is 1.47 bits per heavy atom. The zero-order chi connectivity index (χ0) is 14.6. The highest BCUT2D eigenvalue weighted by molar-refractivity contribution is 6.31. The average molecular weight is 288 g/mol. The van der Waals surface area contributed by atoms with E-state index < -0.39 is 24.4 Å². The van der Waals surface area contributed by atoms with Crippen molar-refractivity contribution in [1.82, 2.24) is 0 Å². The largest absolute Gasteiger partial charge is 0.444 e. The van der Waals surface area contributed by atoms with E-state index in [1.54, 1.807) is 26.8 Å². The van der Waals surface area contributed by atoms with Crippen molar-refractivity contribution in [3.8, 4) is 0 Å². The Balaban J connectivity index is 2.83. The van der Waals surface area contributed by atoms with E-state index >= 15 is 0 Å². The van der Waals surface area contributed by atoms with Gasteiger partial charge in [-0.2, -0.15) is 0 Å². The number of carbonyl (C=O) groups is 1. The van der Waals surface area contributed by atoms with Gasteiger partial charge in [-0.15, -0.1) is 0 Å². The molecule has 0 aliphatic carbocycles. The molecular formula is C13H18ClNO4. The van der Waals surface area contributed by atoms with Crippen LogP contribution in [0.15, 0.2) is 18.2 Å². The van der Waals surface area contributed by atoms with E-state index in [1.165, 1.54) is 12.1 Å². The molecule has 0 bridgehead atoms. The van der Waals surface area contributed by atoms with Crippen molar-refractivity contribution >= 4 is 23.4 Å². The van der Waals surface area contributed by atoms with Crippen LogP contribution in [-0.4, -0.2) is 28.5 Å². The molecule has 5 nitrogen and oxygen atoms in total. The summed E-state index contributed by atoms with van der Waals surface area (Å²) in [6, 6.07) is 4.61. The lowest BCUT2D eigenvalue weighted by atomic mass is 10.1. The van der Waals surface area contributed by atoms with Crippen molar-refractivity contribution < 1.29 is 19.7 Å². The number of ether oxygens (including phenoxy) is 1. The number of halogens is 1. The number of aliphatic hydroxyl groups excluding tert-OH is 2. The Bertz CT molecular complexity index is 456. The van der Waals surface area contributed by atoms with Crippen LogP contribution in [0.25, 0.3) is 0 Å². The fourth-order valence-corrected chi connectivity index (χ4v) is 1.64. The SMILES string of the molecule is CC(C)(C)OC(=O)Nc1ccc(Cl)c(C(O)CO)c1. The first-order valence-corrected chi connectivity index (χ1v) is 6.19. The maximum Gasteiger partial charge on any atom is 0.412 e. The molecule has 1 aromatic rings. The number of nitrogens with one attached hydrogen (secondary N) is 1. The molecule has 1 unspecified atom stereocenters. The van der Waals surface area contributed by atoms with Crippen LogP contribution in [0.1, 0.15) is 32.4 Å². The number of anilines is 1. The van der Waals surface area contributed by atoms with E-state index in [0.29, 0.717) is 16.3 Å². The predicted molar refractivity (Wildman–Crippen MR) is 73.4 cm³/mol. The lowest BCUT2D eigenvalue weighted by Gasteiger charge is -2.20. The molecule has 0 fully saturated rings. The number of hydrogen-bond acceptors (Lipinski definition) is 4. The molecule has 1 rings (SSSR count). The first-order chi connectivity index (χ1) is 8.73. The summed E-state index contributed by atoms with van der Waals surface area (Å²) in [5.41, 5.74) is 0.183. The van der Waals surface area contributed by atoms with Gasteiger partial charge >= 0.3 is 6.09 Å². The number of aliphatic hydroxyl groups is 2. The third-order valence-electron chi connectivity index (χ3n) is 2.17. The van der Waals surface area contributed by atoms with E-state index in [0.717, 1.165) is 0 Å². The van der Waals surface area contributed by atoms with Gasteiger partial charge in [0.05, 0.1) is 6.61 Å². The van der Waals surface area contributed by atoms with Gasteiger partial charge in [-0.25, -0.2) is 4.79 Å². The first kappa shape index (κ1) is 15.8. The third-order valence-corrected chi connectivity index (χ3v) is 2.52. The molecule has 106 valence electrons. The van der Waals surface area contributed by atoms with Crippen molar-refractivity contribution in [2.45, 2.75) is 32.5 Å². The molecule has 1 aromatic carbocycles. The van der Waals surface area contributed by atoms with Crippen LogP contribution in [0.2, 0.25) is 5.02 Å². The molecule has 19 heavy (non-hydrogen) atoms. The zero-order valence-corrected chi connectivity index (χ0v) is 11.9. The van der Waals surface area contributed by atoms with Crippen molar-refractivity contribution in [2.75, 3.05) is 11.9 Å². The molecule has 0 aromatic heterocycles. The Hall–Kier alpha value is -1.30. The van der Waals surface area contributed by atoms with Gasteiger partial charge in [0.15, 0.2) is 0 Å². The second-order valence-corrected chi connectivity index (χ2v) is 5.47. The molecule has 0 saturated carbocycles. The van der Waals surface area contributed by atoms with Crippen LogP contribution in [0.4, 0.5) is 10.5 Å². The Labute approximate surface area is 117 Å². The number of amides is 1. The van der Waals surface area contributed by atoms with Crippen molar-refractivity contribution in [2.24, 2.45) is 0 Å². The van der Waals surface area contributed by atoms with Crippen LogP contribution < -0.4 is 5.32 Å². The topological polar surface area (TPSA) is 78.8 Å². The maximum absolute atomic E-state index is 11.6. The normalized spacial score (nSPS) is 12.9. The molecule has 1 atom stereocenters. The number of rotatable bonds is 3. The quantitative estimate of drug-likeness (QED) is 0.799. The molecule has 0 aliphatic rings. The third kappa shape index (κ3) is 5.06. The Kier molecular flexibility index (Phi) is 5.17. The van der Waals surface area contributed by atoms with Crippen molar-refractivity contribution in [3.63, 3.8) is 0 Å². The fourth-order valence-electron chi connectivity index (χ4n) is 1.40. The van der Waals surface area contributed by atoms with Gasteiger partial charge in [0.25, 0.3) is 0 Å². The molecule has 0 aliphatic heterocycles. The van der Waals surface area contributed by atoms with Gasteiger partial charge in [0.1, 0.15) is 11.7 Å². The van der Waals surface area contributed by atoms with E-state index in [4.69, 9.17) is 21.4 Å². The molecule has 6 heteroatoms. The summed E-state index contributed by atoms with van der Waals surface area (Å²) < 4.78 is 5.10. The van der Waals surface area contributed by atoms with E-state index in [2.05, 4.69) is 5.32 Å². The Morgan fingerprint density at radius 2 is 2.11 bits per heavy atom. The highest BCUT2D eigenvalue weighted by Gasteiger charge is 2.17. The molecule has 0 heterocycles. The molecular weight excluding hydrogens is 270 g/mol. The van der Waals surface area contributed by atoms with Crippen LogP contribution >= 0.6 is 11.6 Å². The van der Waals surface area contributed by atoms with Gasteiger partial charge in [0.2, 0.25) is 0 Å². The number of hydrogen-bond donors (Lipinski definition) is 3. The summed E-state index contributed by atoms with van der Waals surface area (Å²) in [6.45, 7) is 4.83. The minimum atomic E-state index is -1.09. The summed E-state index contributed by atoms with van der Waals surface area (Å²) in [4.78, 5) is 11.6. The molecule has 0 radical (unpaired) electrons. The minimum Gasteiger partial charge on any atom is -0.444 e. The average Bonchev–Trinajstić information content (AvgIpc) is 2.28. The maximum atomic E-state index is 11.6. The molecule has 0 spiro atoms. The van der Waals surface area contributed by atoms with Crippen LogP contribution in [0.5, 0.6) is 0 Å². The highest BCUT2D eigenvalue weighted by Crippen LogP contribution is 2.26. The van der Waals surface area contributed by atoms with Gasteiger partial charge in [-0.3, -0.25) is 5.32 Å². The van der Waals surface area contributed by atoms with Crippen molar-refractivity contribution in [1.29, 1.82) is 0 Å². The van der Waals surface area contributed by atoms with Gasteiger partial charge in [0, 0.05) is 16.3 Å². The second kappa shape index (κ2) is 6.23. The van der Waals surface area contributed by atoms with Crippen LogP contribution in [0.3, 0.4) is 0 Å². The lowest BCUT2D eigenvalue weighted by molar-refractivity contribution is 0.0635. The Morgan fingerprint density at radius 3 is 2.63 bits per heavy atom. The molecule has 3 N–H and O–H groups in total. The zero-order valence-electron chi connectivity index (χ0n) is 11.1. The fraction of sp³-hybridized carbons (Fsp3) is 0.462. The van der Waals surface area contributed by atoms with Crippen molar-refractivity contribution in [3.05, 3.63) is 28.8 Å². The molecule has 0 saturated heterocycles. The number of carbonyl (C=O) groups excluding carboxylic acids is 1. The standard InChI is InChI=1S/C13H18ClNO4/c1-13(2,3)19-12(18)15-8-4-5-10(14)9(6-8)11(17)7-16/h4-6,11,16-17H,7H2,1-3H3,(H,15,18). The summed E-state index contributed by atoms with van der Waals surface area (Å²) in [6.07, 6.45) is -1.69. The van der Waals surface area contributed by atoms with Gasteiger partial charge < -0.3 is 14.9 Å². The lowest BCUT2D eigenvalue weighted by Crippen LogP contribution is -2.27. The first-order valence-electron chi connectivity index (χ1n) is 5.81. The highest BCUT2D eigenvalue weighted by atomic mass is 35.5. The monoisotopic (exact) mass is 287 g/mol.